The maximum atomic E-state index is 12.0. The van der Waals surface area contributed by atoms with Gasteiger partial charge in [0.15, 0.2) is 0 Å². The van der Waals surface area contributed by atoms with Crippen LogP contribution >= 0.6 is 0 Å². The van der Waals surface area contributed by atoms with Crippen LogP contribution < -0.4 is 0 Å². The Hall–Kier alpha value is -1.14. The second-order valence-corrected chi connectivity index (χ2v) is 6.17. The molecule has 1 aliphatic rings. The van der Waals surface area contributed by atoms with Gasteiger partial charge >= 0.3 is 10.2 Å². The highest BCUT2D eigenvalue weighted by atomic mass is 32.2. The quantitative estimate of drug-likeness (QED) is 0.712. The van der Waals surface area contributed by atoms with Crippen LogP contribution in [0.3, 0.4) is 0 Å². The van der Waals surface area contributed by atoms with Gasteiger partial charge in [-0.15, -0.1) is 0 Å². The number of nitrogens with zero attached hydrogens (tertiary/aromatic N) is 3. The summed E-state index contributed by atoms with van der Waals surface area (Å²) in [6.45, 7) is 2.03. The molecule has 0 fully saturated rings. The van der Waals surface area contributed by atoms with Gasteiger partial charge in [-0.25, -0.2) is 8.96 Å². The largest absolute Gasteiger partial charge is 0.308 e. The minimum absolute atomic E-state index is 0.633. The van der Waals surface area contributed by atoms with Gasteiger partial charge < -0.3 is 0 Å². The van der Waals surface area contributed by atoms with Crippen molar-refractivity contribution >= 4 is 10.2 Å². The van der Waals surface area contributed by atoms with Crippen molar-refractivity contribution < 1.29 is 8.42 Å². The molecule has 0 bridgehead atoms. The van der Waals surface area contributed by atoms with E-state index in [0.29, 0.717) is 6.42 Å². The maximum Gasteiger partial charge on any atom is 0.308 e. The average molecular weight is 241 g/mol. The van der Waals surface area contributed by atoms with Crippen LogP contribution in [0.15, 0.2) is 18.0 Å². The second-order valence-electron chi connectivity index (χ2n) is 4.16. The minimum Gasteiger partial charge on any atom is -0.240 e. The third-order valence-corrected chi connectivity index (χ3v) is 4.45. The molecule has 0 aliphatic heterocycles. The monoisotopic (exact) mass is 241 g/mol. The molecule has 0 radical (unpaired) electrons. The second kappa shape index (κ2) is 3.71. The molecule has 0 saturated heterocycles. The Bertz CT molecular complexity index is 540. The summed E-state index contributed by atoms with van der Waals surface area (Å²) in [5, 5.41) is 0. The van der Waals surface area contributed by atoms with Crippen LogP contribution in [0.5, 0.6) is 0 Å². The molecular formula is C10H15N3O2S. The van der Waals surface area contributed by atoms with Crippen molar-refractivity contribution in [2.24, 2.45) is 0 Å². The van der Waals surface area contributed by atoms with Crippen LogP contribution in [-0.4, -0.2) is 35.8 Å². The fourth-order valence-corrected chi connectivity index (χ4v) is 2.71. The molecule has 1 aliphatic carbocycles. The van der Waals surface area contributed by atoms with E-state index in [9.17, 15) is 8.42 Å². The van der Waals surface area contributed by atoms with Crippen LogP contribution in [0.1, 0.15) is 18.3 Å². The molecule has 0 unspecified atom stereocenters. The van der Waals surface area contributed by atoms with Gasteiger partial charge in [-0.1, -0.05) is 11.6 Å². The Balaban J connectivity index is 2.50. The molecule has 1 heterocycles. The van der Waals surface area contributed by atoms with E-state index < -0.39 is 10.2 Å². The van der Waals surface area contributed by atoms with Crippen molar-refractivity contribution in [3.05, 3.63) is 29.4 Å². The number of allylic oxidation sites excluding steroid dienone is 2. The highest BCUT2D eigenvalue weighted by Crippen LogP contribution is 2.21. The third-order valence-electron chi connectivity index (χ3n) is 2.72. The van der Waals surface area contributed by atoms with Gasteiger partial charge in [0.05, 0.1) is 11.4 Å². The summed E-state index contributed by atoms with van der Waals surface area (Å²) in [5.41, 5.74) is 2.88. The van der Waals surface area contributed by atoms with Gasteiger partial charge in [0, 0.05) is 26.9 Å². The molecule has 0 saturated carbocycles. The van der Waals surface area contributed by atoms with Crippen molar-refractivity contribution in [3.8, 4) is 0 Å². The lowest BCUT2D eigenvalue weighted by Crippen LogP contribution is -2.29. The van der Waals surface area contributed by atoms with Crippen LogP contribution in [0.2, 0.25) is 0 Å². The van der Waals surface area contributed by atoms with Gasteiger partial charge in [-0.2, -0.15) is 12.7 Å². The zero-order chi connectivity index (χ0) is 11.9. The fourth-order valence-electron chi connectivity index (χ4n) is 1.73. The van der Waals surface area contributed by atoms with Gasteiger partial charge in [0.1, 0.15) is 6.33 Å². The molecule has 0 N–H and O–H groups in total. The highest BCUT2D eigenvalue weighted by Gasteiger charge is 2.23. The Morgan fingerprint density at radius 2 is 2.12 bits per heavy atom. The topological polar surface area (TPSA) is 55.2 Å². The SMILES string of the molecule is CC1=CCc2c(ncn2S(=O)(=O)N(C)C)C1. The molecular weight excluding hydrogens is 226 g/mol. The van der Waals surface area contributed by atoms with Crippen LogP contribution in [0.4, 0.5) is 0 Å². The molecule has 6 heteroatoms. The van der Waals surface area contributed by atoms with Crippen LogP contribution in [0.25, 0.3) is 0 Å². The summed E-state index contributed by atoms with van der Waals surface area (Å²) in [6, 6.07) is 0. The summed E-state index contributed by atoms with van der Waals surface area (Å²) in [6.07, 6.45) is 4.82. The number of imidazole rings is 1. The van der Waals surface area contributed by atoms with E-state index in [-0.39, 0.29) is 0 Å². The molecule has 5 nitrogen and oxygen atoms in total. The van der Waals surface area contributed by atoms with Gasteiger partial charge in [0.25, 0.3) is 0 Å². The molecule has 1 aromatic rings. The van der Waals surface area contributed by atoms with E-state index in [4.69, 9.17) is 0 Å². The number of hydrogen-bond donors (Lipinski definition) is 0. The van der Waals surface area contributed by atoms with E-state index in [0.717, 1.165) is 17.8 Å². The van der Waals surface area contributed by atoms with Crippen molar-refractivity contribution in [3.63, 3.8) is 0 Å². The maximum absolute atomic E-state index is 12.0. The predicted octanol–water partition coefficient (Wildman–Crippen LogP) is 0.583. The van der Waals surface area contributed by atoms with E-state index in [2.05, 4.69) is 4.98 Å². The lowest BCUT2D eigenvalue weighted by atomic mass is 10.0. The van der Waals surface area contributed by atoms with E-state index >= 15 is 0 Å². The summed E-state index contributed by atoms with van der Waals surface area (Å²) in [7, 11) is -0.395. The average Bonchev–Trinajstić information content (AvgIpc) is 2.60. The first kappa shape index (κ1) is 11.3. The number of rotatable bonds is 2. The Kier molecular flexibility index (Phi) is 2.63. The summed E-state index contributed by atoms with van der Waals surface area (Å²) in [5.74, 6) is 0. The molecule has 1 aromatic heterocycles. The summed E-state index contributed by atoms with van der Waals surface area (Å²) < 4.78 is 26.4. The smallest absolute Gasteiger partial charge is 0.240 e. The Morgan fingerprint density at radius 3 is 2.75 bits per heavy atom. The van der Waals surface area contributed by atoms with Gasteiger partial charge in [0.2, 0.25) is 0 Å². The molecule has 0 spiro atoms. The summed E-state index contributed by atoms with van der Waals surface area (Å²) in [4.78, 5) is 4.17. The first-order valence-corrected chi connectivity index (χ1v) is 6.46. The van der Waals surface area contributed by atoms with Crippen molar-refractivity contribution in [1.29, 1.82) is 0 Å². The first-order chi connectivity index (χ1) is 7.43. The van der Waals surface area contributed by atoms with Crippen molar-refractivity contribution in [2.75, 3.05) is 14.1 Å². The lowest BCUT2D eigenvalue weighted by Gasteiger charge is -2.16. The lowest BCUT2D eigenvalue weighted by molar-refractivity contribution is 0.509. The zero-order valence-electron chi connectivity index (χ0n) is 9.64. The number of fused-ring (bicyclic) bond motifs is 1. The van der Waals surface area contributed by atoms with E-state index in [1.165, 1.54) is 34.3 Å². The third kappa shape index (κ3) is 1.68. The Labute approximate surface area is 95.6 Å². The standard InChI is InChI=1S/C10H15N3O2S/c1-8-4-5-10-9(6-8)11-7-13(10)16(14,15)12(2)3/h4,7H,5-6H2,1-3H3. The van der Waals surface area contributed by atoms with Crippen LogP contribution in [-0.2, 0) is 23.1 Å². The molecule has 88 valence electrons. The van der Waals surface area contributed by atoms with Gasteiger partial charge in [-0.3, -0.25) is 0 Å². The molecule has 0 amide bonds. The predicted molar refractivity (Wildman–Crippen MR) is 61.4 cm³/mol. The molecule has 0 atom stereocenters. The Morgan fingerprint density at radius 1 is 1.44 bits per heavy atom. The van der Waals surface area contributed by atoms with E-state index in [1.54, 1.807) is 0 Å². The zero-order valence-corrected chi connectivity index (χ0v) is 10.5. The highest BCUT2D eigenvalue weighted by molar-refractivity contribution is 7.87. The van der Waals surface area contributed by atoms with Crippen LogP contribution in [0, 0.1) is 0 Å². The first-order valence-electron chi connectivity index (χ1n) is 5.06. The molecule has 2 rings (SSSR count). The summed E-state index contributed by atoms with van der Waals surface area (Å²) >= 11 is 0. The van der Waals surface area contributed by atoms with Crippen molar-refractivity contribution in [2.45, 2.75) is 19.8 Å². The van der Waals surface area contributed by atoms with Crippen molar-refractivity contribution in [1.82, 2.24) is 13.3 Å². The fraction of sp³-hybridized carbons (Fsp3) is 0.500. The van der Waals surface area contributed by atoms with Gasteiger partial charge in [-0.05, 0) is 6.92 Å². The van der Waals surface area contributed by atoms with E-state index in [1.807, 2.05) is 13.0 Å². The normalized spacial score (nSPS) is 16.1. The number of hydrogen-bond acceptors (Lipinski definition) is 3. The number of aromatic nitrogens is 2. The molecule has 0 aromatic carbocycles. The minimum atomic E-state index is -3.43. The molecule has 16 heavy (non-hydrogen) atoms.